The van der Waals surface area contributed by atoms with Crippen molar-refractivity contribution in [1.82, 2.24) is 14.5 Å². The van der Waals surface area contributed by atoms with E-state index in [4.69, 9.17) is 11.6 Å². The zero-order chi connectivity index (χ0) is 19.4. The van der Waals surface area contributed by atoms with Crippen LogP contribution in [0.4, 0.5) is 5.69 Å². The maximum Gasteiger partial charge on any atom is 0.289 e. The van der Waals surface area contributed by atoms with Gasteiger partial charge in [0.1, 0.15) is 0 Å². The molecule has 0 saturated carbocycles. The lowest BCUT2D eigenvalue weighted by atomic mass is 10.1. The Hall–Kier alpha value is -2.34. The number of nitrogens with zero attached hydrogens (tertiary/aromatic N) is 3. The van der Waals surface area contributed by atoms with Crippen LogP contribution in [0.1, 0.15) is 59.4 Å². The van der Waals surface area contributed by atoms with E-state index in [2.05, 4.69) is 17.2 Å². The van der Waals surface area contributed by atoms with Crippen LogP contribution in [0.5, 0.6) is 0 Å². The van der Waals surface area contributed by atoms with Gasteiger partial charge in [-0.15, -0.1) is 0 Å². The molecule has 2 amide bonds. The first-order valence-corrected chi connectivity index (χ1v) is 9.80. The number of hydrogen-bond acceptors (Lipinski definition) is 3. The molecule has 1 aliphatic heterocycles. The summed E-state index contributed by atoms with van der Waals surface area (Å²) in [5.74, 6) is -0.0777. The van der Waals surface area contributed by atoms with Gasteiger partial charge in [0.15, 0.2) is 11.5 Å². The first-order chi connectivity index (χ1) is 13.0. The minimum absolute atomic E-state index is 0.131. The van der Waals surface area contributed by atoms with Crippen molar-refractivity contribution in [2.75, 3.05) is 18.9 Å². The van der Waals surface area contributed by atoms with Crippen molar-refractivity contribution in [1.29, 1.82) is 0 Å². The first kappa shape index (κ1) is 19.4. The molecule has 6 nitrogen and oxygen atoms in total. The second kappa shape index (κ2) is 8.57. The molecule has 2 aromatic rings. The van der Waals surface area contributed by atoms with Crippen LogP contribution in [0, 0.1) is 0 Å². The van der Waals surface area contributed by atoms with Gasteiger partial charge in [0.2, 0.25) is 0 Å². The standard InChI is InChI=1S/C20H25ClN4O2/c1-3-4-11-24(2)20(27)18-23-17(16-10-5-6-12-25(16)18)19(26)22-15-9-7-8-14(21)13-15/h7-9,13H,3-6,10-12H2,1-2H3,(H,22,26). The van der Waals surface area contributed by atoms with E-state index in [0.29, 0.717) is 28.8 Å². The number of halogens is 1. The number of amides is 2. The quantitative estimate of drug-likeness (QED) is 0.813. The molecule has 27 heavy (non-hydrogen) atoms. The Morgan fingerprint density at radius 3 is 2.89 bits per heavy atom. The van der Waals surface area contributed by atoms with Gasteiger partial charge in [-0.3, -0.25) is 9.59 Å². The summed E-state index contributed by atoms with van der Waals surface area (Å²) in [6.45, 7) is 3.49. The number of fused-ring (bicyclic) bond motifs is 1. The van der Waals surface area contributed by atoms with E-state index in [0.717, 1.165) is 44.3 Å². The number of unbranched alkanes of at least 4 members (excludes halogenated alkanes) is 1. The van der Waals surface area contributed by atoms with Crippen molar-refractivity contribution in [3.63, 3.8) is 0 Å². The van der Waals surface area contributed by atoms with Crippen LogP contribution >= 0.6 is 11.6 Å². The molecule has 2 heterocycles. The van der Waals surface area contributed by atoms with Gasteiger partial charge in [-0.25, -0.2) is 4.98 Å². The number of hydrogen-bond donors (Lipinski definition) is 1. The highest BCUT2D eigenvalue weighted by Crippen LogP contribution is 2.23. The minimum atomic E-state index is -0.307. The highest BCUT2D eigenvalue weighted by Gasteiger charge is 2.28. The Bertz CT molecular complexity index is 847. The highest BCUT2D eigenvalue weighted by atomic mass is 35.5. The number of carbonyl (C=O) groups is 2. The van der Waals surface area contributed by atoms with E-state index in [1.165, 1.54) is 0 Å². The zero-order valence-corrected chi connectivity index (χ0v) is 16.6. The van der Waals surface area contributed by atoms with Gasteiger partial charge in [-0.05, 0) is 43.9 Å². The van der Waals surface area contributed by atoms with E-state index in [9.17, 15) is 9.59 Å². The Morgan fingerprint density at radius 1 is 1.33 bits per heavy atom. The van der Waals surface area contributed by atoms with Crippen molar-refractivity contribution < 1.29 is 9.59 Å². The van der Waals surface area contributed by atoms with Gasteiger partial charge in [-0.2, -0.15) is 0 Å². The summed E-state index contributed by atoms with van der Waals surface area (Å²) in [6, 6.07) is 6.99. The summed E-state index contributed by atoms with van der Waals surface area (Å²) in [5, 5.41) is 3.39. The summed E-state index contributed by atoms with van der Waals surface area (Å²) in [5.41, 5.74) is 1.79. The molecule has 7 heteroatoms. The average molecular weight is 389 g/mol. The summed E-state index contributed by atoms with van der Waals surface area (Å²) in [4.78, 5) is 31.8. The fourth-order valence-electron chi connectivity index (χ4n) is 3.31. The average Bonchev–Trinajstić information content (AvgIpc) is 3.05. The molecular formula is C20H25ClN4O2. The molecule has 1 aliphatic rings. The summed E-state index contributed by atoms with van der Waals surface area (Å²) in [7, 11) is 1.79. The second-order valence-electron chi connectivity index (χ2n) is 6.88. The van der Waals surface area contributed by atoms with Gasteiger partial charge in [0.25, 0.3) is 11.8 Å². The zero-order valence-electron chi connectivity index (χ0n) is 15.8. The third-order valence-electron chi connectivity index (χ3n) is 4.80. The minimum Gasteiger partial charge on any atom is -0.339 e. The molecule has 1 N–H and O–H groups in total. The molecule has 0 atom stereocenters. The molecule has 0 bridgehead atoms. The molecule has 0 fully saturated rings. The smallest absolute Gasteiger partial charge is 0.289 e. The lowest BCUT2D eigenvalue weighted by Gasteiger charge is -2.20. The number of rotatable bonds is 6. The number of carbonyl (C=O) groups excluding carboxylic acids is 2. The largest absolute Gasteiger partial charge is 0.339 e. The fourth-order valence-corrected chi connectivity index (χ4v) is 3.50. The van der Waals surface area contributed by atoms with E-state index in [1.54, 1.807) is 36.2 Å². The second-order valence-corrected chi connectivity index (χ2v) is 7.32. The predicted octanol–water partition coefficient (Wildman–Crippen LogP) is 4.00. The molecule has 0 aliphatic carbocycles. The van der Waals surface area contributed by atoms with E-state index in [-0.39, 0.29) is 11.8 Å². The van der Waals surface area contributed by atoms with Crippen molar-refractivity contribution in [2.24, 2.45) is 0 Å². The number of nitrogens with one attached hydrogen (secondary N) is 1. The van der Waals surface area contributed by atoms with Crippen LogP contribution in [0.15, 0.2) is 24.3 Å². The summed E-state index contributed by atoms with van der Waals surface area (Å²) in [6.07, 6.45) is 4.68. The lowest BCUT2D eigenvalue weighted by Crippen LogP contribution is -2.31. The third kappa shape index (κ3) is 4.33. The maximum absolute atomic E-state index is 12.9. The number of anilines is 1. The SMILES string of the molecule is CCCCN(C)C(=O)c1nc(C(=O)Nc2cccc(Cl)c2)c2n1CCCC2. The van der Waals surface area contributed by atoms with Gasteiger partial charge in [-0.1, -0.05) is 31.0 Å². The molecular weight excluding hydrogens is 364 g/mol. The molecule has 0 radical (unpaired) electrons. The highest BCUT2D eigenvalue weighted by molar-refractivity contribution is 6.31. The van der Waals surface area contributed by atoms with Crippen LogP contribution in [-0.4, -0.2) is 39.9 Å². The van der Waals surface area contributed by atoms with Crippen molar-refractivity contribution in [3.8, 4) is 0 Å². The van der Waals surface area contributed by atoms with Crippen LogP contribution in [0.3, 0.4) is 0 Å². The molecule has 1 aromatic heterocycles. The Labute approximate surface area is 164 Å². The van der Waals surface area contributed by atoms with Gasteiger partial charge in [0.05, 0.1) is 5.69 Å². The molecule has 144 valence electrons. The topological polar surface area (TPSA) is 67.2 Å². The lowest BCUT2D eigenvalue weighted by molar-refractivity contribution is 0.0775. The van der Waals surface area contributed by atoms with Gasteiger partial charge >= 0.3 is 0 Å². The van der Waals surface area contributed by atoms with Crippen LogP contribution in [-0.2, 0) is 13.0 Å². The Kier molecular flexibility index (Phi) is 6.16. The van der Waals surface area contributed by atoms with Crippen molar-refractivity contribution in [3.05, 3.63) is 46.5 Å². The maximum atomic E-state index is 12.9. The number of imidazole rings is 1. The van der Waals surface area contributed by atoms with E-state index >= 15 is 0 Å². The van der Waals surface area contributed by atoms with Crippen LogP contribution in [0.25, 0.3) is 0 Å². The van der Waals surface area contributed by atoms with Crippen molar-refractivity contribution >= 4 is 29.1 Å². The molecule has 3 rings (SSSR count). The summed E-state index contributed by atoms with van der Waals surface area (Å²) >= 11 is 5.99. The van der Waals surface area contributed by atoms with Crippen LogP contribution < -0.4 is 5.32 Å². The number of aromatic nitrogens is 2. The normalized spacial score (nSPS) is 13.1. The Balaban J connectivity index is 1.88. The first-order valence-electron chi connectivity index (χ1n) is 9.43. The van der Waals surface area contributed by atoms with Gasteiger partial charge in [0, 0.05) is 30.8 Å². The fraction of sp³-hybridized carbons (Fsp3) is 0.450. The molecule has 0 spiro atoms. The van der Waals surface area contributed by atoms with Crippen molar-refractivity contribution in [2.45, 2.75) is 45.6 Å². The van der Waals surface area contributed by atoms with Gasteiger partial charge < -0.3 is 14.8 Å². The van der Waals surface area contributed by atoms with Crippen LogP contribution in [0.2, 0.25) is 5.02 Å². The molecule has 1 aromatic carbocycles. The summed E-state index contributed by atoms with van der Waals surface area (Å²) < 4.78 is 1.92. The number of benzene rings is 1. The third-order valence-corrected chi connectivity index (χ3v) is 5.04. The molecule has 0 unspecified atom stereocenters. The van der Waals surface area contributed by atoms with E-state index < -0.39 is 0 Å². The molecule has 0 saturated heterocycles. The monoisotopic (exact) mass is 388 g/mol. The van der Waals surface area contributed by atoms with E-state index in [1.807, 2.05) is 4.57 Å². The predicted molar refractivity (Wildman–Crippen MR) is 106 cm³/mol. The Morgan fingerprint density at radius 2 is 2.15 bits per heavy atom.